The molecule has 2 unspecified atom stereocenters. The summed E-state index contributed by atoms with van der Waals surface area (Å²) in [6.45, 7) is 21.1. The molecule has 0 radical (unpaired) electrons. The number of nitrogens with one attached hydrogen (secondary N) is 2. The predicted octanol–water partition coefficient (Wildman–Crippen LogP) is 6.57. The lowest BCUT2D eigenvalue weighted by Gasteiger charge is -2.48. The molecule has 1 aliphatic rings. The zero-order valence-electron chi connectivity index (χ0n) is 24.7. The van der Waals surface area contributed by atoms with Crippen LogP contribution in [0.15, 0.2) is 30.3 Å². The SMILES string of the molecule is CCCCC(CC)CN1CN(CC(CC)CCCC)CC(C)(NCCNCCCc2ccccc2)C1. The van der Waals surface area contributed by atoms with E-state index >= 15 is 0 Å². The molecule has 2 atom stereocenters. The molecule has 4 nitrogen and oxygen atoms in total. The Morgan fingerprint density at radius 3 is 1.89 bits per heavy atom. The third-order valence-electron chi connectivity index (χ3n) is 8.18. The number of benzene rings is 1. The maximum absolute atomic E-state index is 3.99. The molecule has 0 aliphatic carbocycles. The van der Waals surface area contributed by atoms with Crippen LogP contribution in [-0.4, -0.2) is 67.8 Å². The molecule has 0 amide bonds. The van der Waals surface area contributed by atoms with Gasteiger partial charge in [0.15, 0.2) is 0 Å². The molecule has 1 aliphatic heterocycles. The van der Waals surface area contributed by atoms with Gasteiger partial charge in [0.25, 0.3) is 0 Å². The van der Waals surface area contributed by atoms with Gasteiger partial charge in [0.2, 0.25) is 0 Å². The van der Waals surface area contributed by atoms with E-state index in [2.05, 4.69) is 85.4 Å². The predicted molar refractivity (Wildman–Crippen MR) is 159 cm³/mol. The molecule has 208 valence electrons. The van der Waals surface area contributed by atoms with Crippen molar-refractivity contribution in [2.45, 2.75) is 104 Å². The molecule has 1 saturated heterocycles. The molecule has 4 heteroatoms. The van der Waals surface area contributed by atoms with E-state index < -0.39 is 0 Å². The zero-order valence-corrected chi connectivity index (χ0v) is 24.7. The highest BCUT2D eigenvalue weighted by molar-refractivity contribution is 5.14. The Balaban J connectivity index is 1.85. The molecule has 0 spiro atoms. The van der Waals surface area contributed by atoms with Crippen LogP contribution in [0.4, 0.5) is 0 Å². The Hall–Kier alpha value is -0.940. The topological polar surface area (TPSA) is 30.5 Å². The summed E-state index contributed by atoms with van der Waals surface area (Å²) in [5.74, 6) is 1.67. The molecule has 1 aromatic carbocycles. The van der Waals surface area contributed by atoms with Gasteiger partial charge >= 0.3 is 0 Å². The summed E-state index contributed by atoms with van der Waals surface area (Å²) in [5, 5.41) is 7.66. The van der Waals surface area contributed by atoms with Crippen molar-refractivity contribution in [2.24, 2.45) is 11.8 Å². The van der Waals surface area contributed by atoms with E-state index in [4.69, 9.17) is 0 Å². The van der Waals surface area contributed by atoms with E-state index in [1.54, 1.807) is 0 Å². The molecule has 36 heavy (non-hydrogen) atoms. The summed E-state index contributed by atoms with van der Waals surface area (Å²) in [6, 6.07) is 10.9. The van der Waals surface area contributed by atoms with Crippen molar-refractivity contribution in [2.75, 3.05) is 52.5 Å². The third-order valence-corrected chi connectivity index (χ3v) is 8.18. The van der Waals surface area contributed by atoms with Crippen molar-refractivity contribution in [3.63, 3.8) is 0 Å². The van der Waals surface area contributed by atoms with Gasteiger partial charge in [-0.2, -0.15) is 0 Å². The summed E-state index contributed by atoms with van der Waals surface area (Å²) < 4.78 is 0. The summed E-state index contributed by atoms with van der Waals surface area (Å²) in [5.41, 5.74) is 1.61. The number of nitrogens with zero attached hydrogens (tertiary/aromatic N) is 2. The lowest BCUT2D eigenvalue weighted by Crippen LogP contribution is -2.65. The first-order chi connectivity index (χ1) is 17.5. The maximum Gasteiger partial charge on any atom is 0.0507 e. The fourth-order valence-electron chi connectivity index (χ4n) is 5.98. The third kappa shape index (κ3) is 12.5. The first kappa shape index (κ1) is 31.3. The van der Waals surface area contributed by atoms with E-state index in [0.29, 0.717) is 0 Å². The minimum atomic E-state index is 0.163. The van der Waals surface area contributed by atoms with E-state index in [-0.39, 0.29) is 5.54 Å². The monoisotopic (exact) mass is 500 g/mol. The normalized spacial score (nSPS) is 21.0. The molecule has 1 fully saturated rings. The van der Waals surface area contributed by atoms with Gasteiger partial charge < -0.3 is 10.6 Å². The van der Waals surface area contributed by atoms with Crippen LogP contribution in [0.25, 0.3) is 0 Å². The average Bonchev–Trinajstić information content (AvgIpc) is 2.88. The second-order valence-corrected chi connectivity index (χ2v) is 11.8. The van der Waals surface area contributed by atoms with Gasteiger partial charge in [-0.3, -0.25) is 9.80 Å². The van der Waals surface area contributed by atoms with Crippen LogP contribution >= 0.6 is 0 Å². The summed E-state index contributed by atoms with van der Waals surface area (Å²) in [7, 11) is 0. The quantitative estimate of drug-likeness (QED) is 0.198. The molecule has 2 rings (SSSR count). The molecule has 0 aromatic heterocycles. The van der Waals surface area contributed by atoms with E-state index in [1.807, 2.05) is 0 Å². The number of hydrogen-bond donors (Lipinski definition) is 2. The zero-order chi connectivity index (χ0) is 26.1. The van der Waals surface area contributed by atoms with Gasteiger partial charge in [-0.15, -0.1) is 0 Å². The standard InChI is InChI=1S/C32H60N4/c1-6-10-16-29(8-3)24-35-26-32(5,27-36(28-35)25-30(9-4)17-11-7-2)34-23-22-33-21-15-20-31-18-13-12-14-19-31/h12-14,18-19,29-30,33-34H,6-11,15-17,20-28H2,1-5H3. The van der Waals surface area contributed by atoms with Crippen LogP contribution in [0.2, 0.25) is 0 Å². The van der Waals surface area contributed by atoms with Crippen molar-refractivity contribution in [3.8, 4) is 0 Å². The Kier molecular flexibility index (Phi) is 15.9. The van der Waals surface area contributed by atoms with Crippen LogP contribution in [0.3, 0.4) is 0 Å². The Morgan fingerprint density at radius 2 is 1.36 bits per heavy atom. The summed E-state index contributed by atoms with van der Waals surface area (Å²) in [6.07, 6.45) is 13.1. The van der Waals surface area contributed by atoms with Crippen molar-refractivity contribution in [3.05, 3.63) is 35.9 Å². The maximum atomic E-state index is 3.99. The first-order valence-electron chi connectivity index (χ1n) is 15.5. The summed E-state index contributed by atoms with van der Waals surface area (Å²) >= 11 is 0. The van der Waals surface area contributed by atoms with Crippen molar-refractivity contribution < 1.29 is 0 Å². The van der Waals surface area contributed by atoms with Crippen LogP contribution in [0.5, 0.6) is 0 Å². The first-order valence-corrected chi connectivity index (χ1v) is 15.5. The summed E-state index contributed by atoms with van der Waals surface area (Å²) in [4.78, 5) is 5.56. The van der Waals surface area contributed by atoms with E-state index in [0.717, 1.165) is 44.6 Å². The highest BCUT2D eigenvalue weighted by atomic mass is 15.4. The van der Waals surface area contributed by atoms with Gasteiger partial charge in [-0.05, 0) is 56.6 Å². The average molecular weight is 501 g/mol. The number of unbranched alkanes of at least 4 members (excludes halogenated alkanes) is 2. The molecular weight excluding hydrogens is 440 g/mol. The van der Waals surface area contributed by atoms with Crippen LogP contribution < -0.4 is 10.6 Å². The van der Waals surface area contributed by atoms with Gasteiger partial charge in [0, 0.05) is 44.8 Å². The largest absolute Gasteiger partial charge is 0.315 e. The highest BCUT2D eigenvalue weighted by Gasteiger charge is 2.35. The Morgan fingerprint density at radius 1 is 0.778 bits per heavy atom. The van der Waals surface area contributed by atoms with Gasteiger partial charge in [-0.25, -0.2) is 0 Å². The highest BCUT2D eigenvalue weighted by Crippen LogP contribution is 2.23. The Bertz CT molecular complexity index is 623. The van der Waals surface area contributed by atoms with E-state index in [1.165, 1.54) is 89.5 Å². The van der Waals surface area contributed by atoms with Crippen LogP contribution in [0.1, 0.15) is 98.0 Å². The number of rotatable bonds is 20. The smallest absolute Gasteiger partial charge is 0.0507 e. The lowest BCUT2D eigenvalue weighted by molar-refractivity contribution is 0.00520. The molecule has 1 aromatic rings. The van der Waals surface area contributed by atoms with Gasteiger partial charge in [0.05, 0.1) is 6.67 Å². The molecule has 2 N–H and O–H groups in total. The lowest BCUT2D eigenvalue weighted by atomic mass is 9.93. The second kappa shape index (κ2) is 18.3. The fraction of sp³-hybridized carbons (Fsp3) is 0.812. The van der Waals surface area contributed by atoms with Crippen molar-refractivity contribution >= 4 is 0 Å². The molecular formula is C32H60N4. The number of aryl methyl sites for hydroxylation is 1. The minimum absolute atomic E-state index is 0.163. The number of hydrogen-bond acceptors (Lipinski definition) is 4. The fourth-order valence-corrected chi connectivity index (χ4v) is 5.98. The van der Waals surface area contributed by atoms with E-state index in [9.17, 15) is 0 Å². The van der Waals surface area contributed by atoms with Gasteiger partial charge in [-0.1, -0.05) is 96.6 Å². The molecule has 1 heterocycles. The molecule has 0 bridgehead atoms. The molecule has 0 saturated carbocycles. The van der Waals surface area contributed by atoms with Crippen molar-refractivity contribution in [1.29, 1.82) is 0 Å². The minimum Gasteiger partial charge on any atom is -0.315 e. The Labute approximate surface area is 225 Å². The van der Waals surface area contributed by atoms with Gasteiger partial charge in [0.1, 0.15) is 0 Å². The van der Waals surface area contributed by atoms with Crippen LogP contribution in [0, 0.1) is 11.8 Å². The van der Waals surface area contributed by atoms with Crippen molar-refractivity contribution in [1.82, 2.24) is 20.4 Å². The van der Waals surface area contributed by atoms with Crippen LogP contribution in [-0.2, 0) is 6.42 Å². The second-order valence-electron chi connectivity index (χ2n) is 11.8.